The second-order valence-electron chi connectivity index (χ2n) is 3.68. The van der Waals surface area contributed by atoms with Crippen LogP contribution in [-0.2, 0) is 6.61 Å². The molecule has 0 spiro atoms. The van der Waals surface area contributed by atoms with Crippen LogP contribution in [0.3, 0.4) is 0 Å². The SMILES string of the molecule is Nc1ccc(OCc2cccc(F)c2Cl)cc1F. The molecule has 0 saturated heterocycles. The molecule has 5 heteroatoms. The molecule has 0 aliphatic heterocycles. The molecule has 0 aliphatic carbocycles. The Labute approximate surface area is 108 Å². The predicted molar refractivity (Wildman–Crippen MR) is 66.6 cm³/mol. The average Bonchev–Trinajstić information content (AvgIpc) is 2.35. The van der Waals surface area contributed by atoms with Gasteiger partial charge in [-0.15, -0.1) is 0 Å². The molecule has 0 fully saturated rings. The maximum atomic E-state index is 13.2. The van der Waals surface area contributed by atoms with Gasteiger partial charge in [0.1, 0.15) is 24.0 Å². The Balaban J connectivity index is 2.11. The van der Waals surface area contributed by atoms with E-state index in [9.17, 15) is 8.78 Å². The Morgan fingerprint density at radius 2 is 1.89 bits per heavy atom. The largest absolute Gasteiger partial charge is 0.489 e. The van der Waals surface area contributed by atoms with Gasteiger partial charge in [0.25, 0.3) is 0 Å². The molecule has 0 heterocycles. The first-order valence-corrected chi connectivity index (χ1v) is 5.56. The number of rotatable bonds is 3. The summed E-state index contributed by atoms with van der Waals surface area (Å²) in [5.74, 6) is -0.763. The highest BCUT2D eigenvalue weighted by Crippen LogP contribution is 2.23. The van der Waals surface area contributed by atoms with E-state index in [0.29, 0.717) is 11.3 Å². The fraction of sp³-hybridized carbons (Fsp3) is 0.0769. The van der Waals surface area contributed by atoms with Crippen LogP contribution in [-0.4, -0.2) is 0 Å². The van der Waals surface area contributed by atoms with Gasteiger partial charge in [-0.1, -0.05) is 23.7 Å². The van der Waals surface area contributed by atoms with Gasteiger partial charge in [0.05, 0.1) is 10.7 Å². The summed E-state index contributed by atoms with van der Waals surface area (Å²) in [4.78, 5) is 0. The molecular weight excluding hydrogens is 260 g/mol. The minimum atomic E-state index is -0.558. The highest BCUT2D eigenvalue weighted by atomic mass is 35.5. The normalized spacial score (nSPS) is 10.4. The van der Waals surface area contributed by atoms with Crippen LogP contribution in [0.25, 0.3) is 0 Å². The van der Waals surface area contributed by atoms with Gasteiger partial charge in [-0.3, -0.25) is 0 Å². The second kappa shape index (κ2) is 5.23. The molecule has 2 nitrogen and oxygen atoms in total. The number of hydrogen-bond acceptors (Lipinski definition) is 2. The van der Waals surface area contributed by atoms with E-state index >= 15 is 0 Å². The molecule has 2 aromatic carbocycles. The molecule has 0 aromatic heterocycles. The summed E-state index contributed by atoms with van der Waals surface area (Å²) in [6.07, 6.45) is 0. The lowest BCUT2D eigenvalue weighted by atomic mass is 10.2. The van der Waals surface area contributed by atoms with Gasteiger partial charge < -0.3 is 10.5 Å². The van der Waals surface area contributed by atoms with Crippen LogP contribution in [0.5, 0.6) is 5.75 Å². The van der Waals surface area contributed by atoms with Crippen LogP contribution in [0.4, 0.5) is 14.5 Å². The van der Waals surface area contributed by atoms with Crippen molar-refractivity contribution in [1.82, 2.24) is 0 Å². The van der Waals surface area contributed by atoms with E-state index in [1.165, 1.54) is 30.3 Å². The third-order valence-corrected chi connectivity index (χ3v) is 2.82. The van der Waals surface area contributed by atoms with E-state index in [4.69, 9.17) is 22.1 Å². The molecule has 0 radical (unpaired) electrons. The Morgan fingerprint density at radius 1 is 1.11 bits per heavy atom. The van der Waals surface area contributed by atoms with Crippen molar-refractivity contribution in [3.05, 3.63) is 58.6 Å². The van der Waals surface area contributed by atoms with Crippen molar-refractivity contribution in [1.29, 1.82) is 0 Å². The first-order chi connectivity index (χ1) is 8.58. The number of halogens is 3. The van der Waals surface area contributed by atoms with Gasteiger partial charge in [0.2, 0.25) is 0 Å². The Bertz CT molecular complexity index is 575. The van der Waals surface area contributed by atoms with Crippen LogP contribution >= 0.6 is 11.6 Å². The third-order valence-electron chi connectivity index (χ3n) is 2.40. The van der Waals surface area contributed by atoms with Gasteiger partial charge in [-0.2, -0.15) is 0 Å². The van der Waals surface area contributed by atoms with Crippen molar-refractivity contribution < 1.29 is 13.5 Å². The van der Waals surface area contributed by atoms with E-state index in [-0.39, 0.29) is 17.3 Å². The Morgan fingerprint density at radius 3 is 2.61 bits per heavy atom. The quantitative estimate of drug-likeness (QED) is 0.861. The maximum absolute atomic E-state index is 13.2. The minimum absolute atomic E-state index is 0.00779. The van der Waals surface area contributed by atoms with Crippen molar-refractivity contribution >= 4 is 17.3 Å². The second-order valence-corrected chi connectivity index (χ2v) is 4.06. The van der Waals surface area contributed by atoms with E-state index in [0.717, 1.165) is 0 Å². The molecule has 18 heavy (non-hydrogen) atoms. The van der Waals surface area contributed by atoms with Crippen molar-refractivity contribution in [2.24, 2.45) is 0 Å². The number of benzene rings is 2. The molecule has 0 unspecified atom stereocenters. The van der Waals surface area contributed by atoms with Gasteiger partial charge in [-0.05, 0) is 18.2 Å². The van der Waals surface area contributed by atoms with E-state index < -0.39 is 11.6 Å². The van der Waals surface area contributed by atoms with E-state index in [1.54, 1.807) is 6.07 Å². The summed E-state index contributed by atoms with van der Waals surface area (Å²) >= 11 is 5.77. The fourth-order valence-corrected chi connectivity index (χ4v) is 1.60. The smallest absolute Gasteiger partial charge is 0.149 e. The maximum Gasteiger partial charge on any atom is 0.149 e. The van der Waals surface area contributed by atoms with Crippen molar-refractivity contribution in [2.75, 3.05) is 5.73 Å². The van der Waals surface area contributed by atoms with Gasteiger partial charge >= 0.3 is 0 Å². The number of anilines is 1. The lowest BCUT2D eigenvalue weighted by molar-refractivity contribution is 0.304. The summed E-state index contributed by atoms with van der Waals surface area (Å²) in [5.41, 5.74) is 5.88. The monoisotopic (exact) mass is 269 g/mol. The zero-order chi connectivity index (χ0) is 13.1. The highest BCUT2D eigenvalue weighted by molar-refractivity contribution is 6.31. The van der Waals surface area contributed by atoms with Gasteiger partial charge in [0, 0.05) is 11.6 Å². The standard InChI is InChI=1S/C13H10ClF2NO/c14-13-8(2-1-3-10(13)15)7-18-9-4-5-12(17)11(16)6-9/h1-6H,7,17H2. The minimum Gasteiger partial charge on any atom is -0.489 e. The summed E-state index contributed by atoms with van der Waals surface area (Å²) in [6, 6.07) is 8.53. The molecule has 0 aliphatic rings. The molecule has 0 atom stereocenters. The summed E-state index contributed by atoms with van der Waals surface area (Å²) < 4.78 is 31.6. The van der Waals surface area contributed by atoms with Crippen molar-refractivity contribution in [3.63, 3.8) is 0 Å². The van der Waals surface area contributed by atoms with E-state index in [2.05, 4.69) is 0 Å². The molecule has 0 amide bonds. The van der Waals surface area contributed by atoms with Crippen LogP contribution < -0.4 is 10.5 Å². The summed E-state index contributed by atoms with van der Waals surface area (Å²) in [6.45, 7) is 0.0555. The molecule has 2 aromatic rings. The van der Waals surface area contributed by atoms with Crippen LogP contribution in [0.1, 0.15) is 5.56 Å². The third kappa shape index (κ3) is 2.71. The van der Waals surface area contributed by atoms with Crippen LogP contribution in [0.2, 0.25) is 5.02 Å². The topological polar surface area (TPSA) is 35.2 Å². The lowest BCUT2D eigenvalue weighted by Crippen LogP contribution is -1.98. The number of nitrogens with two attached hydrogens (primary N) is 1. The zero-order valence-electron chi connectivity index (χ0n) is 9.29. The van der Waals surface area contributed by atoms with Crippen molar-refractivity contribution in [3.8, 4) is 5.75 Å². The molecule has 2 N–H and O–H groups in total. The number of nitrogen functional groups attached to an aromatic ring is 1. The Hall–Kier alpha value is -1.81. The highest BCUT2D eigenvalue weighted by Gasteiger charge is 2.07. The van der Waals surface area contributed by atoms with Gasteiger partial charge in [0.15, 0.2) is 0 Å². The lowest BCUT2D eigenvalue weighted by Gasteiger charge is -2.08. The predicted octanol–water partition coefficient (Wildman–Crippen LogP) is 3.78. The van der Waals surface area contributed by atoms with Crippen LogP contribution in [0, 0.1) is 11.6 Å². The van der Waals surface area contributed by atoms with Gasteiger partial charge in [-0.25, -0.2) is 8.78 Å². The summed E-state index contributed by atoms with van der Waals surface area (Å²) in [7, 11) is 0. The molecule has 0 bridgehead atoms. The number of ether oxygens (including phenoxy) is 1. The van der Waals surface area contributed by atoms with Crippen molar-refractivity contribution in [2.45, 2.75) is 6.61 Å². The first kappa shape index (κ1) is 12.6. The van der Waals surface area contributed by atoms with E-state index in [1.807, 2.05) is 0 Å². The summed E-state index contributed by atoms with van der Waals surface area (Å²) in [5, 5.41) is 0.00779. The zero-order valence-corrected chi connectivity index (χ0v) is 10.0. The average molecular weight is 270 g/mol. The molecule has 0 saturated carbocycles. The van der Waals surface area contributed by atoms with Crippen LogP contribution in [0.15, 0.2) is 36.4 Å². The number of hydrogen-bond donors (Lipinski definition) is 1. The molecular formula is C13H10ClF2NO. The fourth-order valence-electron chi connectivity index (χ4n) is 1.42. The first-order valence-electron chi connectivity index (χ1n) is 5.18. The molecule has 2 rings (SSSR count). The molecule has 94 valence electrons. The Kier molecular flexibility index (Phi) is 3.67.